The molecule has 2 saturated heterocycles. The Bertz CT molecular complexity index is 858. The molecule has 0 aliphatic carbocycles. The van der Waals surface area contributed by atoms with Gasteiger partial charge in [-0.25, -0.2) is 4.79 Å². The van der Waals surface area contributed by atoms with Crippen LogP contribution in [0.4, 0.5) is 4.79 Å². The van der Waals surface area contributed by atoms with Gasteiger partial charge < -0.3 is 20.3 Å². The number of carbonyl (C=O) groups excluding carboxylic acids is 2. The molecular weight excluding hydrogens is 398 g/mol. The van der Waals surface area contributed by atoms with E-state index in [1.54, 1.807) is 12.1 Å². The van der Waals surface area contributed by atoms with Crippen LogP contribution in [0, 0.1) is 5.41 Å². The van der Waals surface area contributed by atoms with Crippen LogP contribution in [0.5, 0.6) is 5.75 Å². The minimum atomic E-state index is -0.822. The molecule has 0 atom stereocenters. The van der Waals surface area contributed by atoms with E-state index in [0.717, 1.165) is 57.4 Å². The number of rotatable bonds is 7. The molecule has 30 heavy (non-hydrogen) atoms. The molecule has 0 bridgehead atoms. The number of hydrogen-bond donors (Lipinski definition) is 1. The maximum Gasteiger partial charge on any atom is 0.409 e. The second kappa shape index (κ2) is 9.18. The molecule has 2 aromatic rings. The van der Waals surface area contributed by atoms with Crippen LogP contribution in [0.3, 0.4) is 0 Å². The van der Waals surface area contributed by atoms with Crippen molar-refractivity contribution in [3.63, 3.8) is 0 Å². The molecule has 0 unspecified atom stereocenters. The van der Waals surface area contributed by atoms with Gasteiger partial charge in [-0.3, -0.25) is 4.79 Å². The largest absolute Gasteiger partial charge is 0.411 e. The van der Waals surface area contributed by atoms with E-state index in [1.165, 1.54) is 11.3 Å². The second-order valence-electron chi connectivity index (χ2n) is 8.35. The lowest BCUT2D eigenvalue weighted by atomic mass is 9.77. The van der Waals surface area contributed by atoms with Crippen molar-refractivity contribution in [2.75, 3.05) is 26.2 Å². The number of carbonyl (C=O) groups is 2. The topological polar surface area (TPSA) is 75.9 Å². The van der Waals surface area contributed by atoms with Gasteiger partial charge in [-0.05, 0) is 80.9 Å². The summed E-state index contributed by atoms with van der Waals surface area (Å²) in [6, 6.07) is 11.5. The summed E-state index contributed by atoms with van der Waals surface area (Å²) in [5, 5.41) is 2.14. The lowest BCUT2D eigenvalue weighted by molar-refractivity contribution is -0.138. The van der Waals surface area contributed by atoms with Crippen molar-refractivity contribution in [3.8, 4) is 5.75 Å². The van der Waals surface area contributed by atoms with Crippen molar-refractivity contribution in [3.05, 3.63) is 52.2 Å². The first-order valence-corrected chi connectivity index (χ1v) is 11.5. The van der Waals surface area contributed by atoms with Gasteiger partial charge in [0.05, 0.1) is 5.41 Å². The average Bonchev–Trinajstić information content (AvgIpc) is 3.35. The standard InChI is InChI=1S/C23H29N3O3S/c24-22(28)29-19-7-5-18(6-8-19)17-26-15-11-23(21(26)27)9-13-25(14-10-23)12-1-3-20-4-2-16-30-20/h2,4-8,16H,1,3,9-15,17H2,(H2,24,28). The van der Waals surface area contributed by atoms with E-state index in [4.69, 9.17) is 10.5 Å². The van der Waals surface area contributed by atoms with E-state index in [-0.39, 0.29) is 5.41 Å². The normalized spacial score (nSPS) is 18.8. The summed E-state index contributed by atoms with van der Waals surface area (Å²) in [6.07, 6.45) is 4.40. The zero-order chi connectivity index (χ0) is 21.0. The Balaban J connectivity index is 1.25. The van der Waals surface area contributed by atoms with Crippen LogP contribution in [0.15, 0.2) is 41.8 Å². The molecule has 3 heterocycles. The highest BCUT2D eigenvalue weighted by Gasteiger charge is 2.47. The van der Waals surface area contributed by atoms with E-state index in [0.29, 0.717) is 18.2 Å². The molecule has 0 radical (unpaired) electrons. The number of hydrogen-bond acceptors (Lipinski definition) is 5. The number of likely N-dealkylation sites (tertiary alicyclic amines) is 2. The lowest BCUT2D eigenvalue weighted by Gasteiger charge is -2.38. The van der Waals surface area contributed by atoms with Gasteiger partial charge in [0.2, 0.25) is 5.91 Å². The molecular formula is C23H29N3O3S. The molecule has 0 saturated carbocycles. The van der Waals surface area contributed by atoms with Crippen LogP contribution < -0.4 is 10.5 Å². The van der Waals surface area contributed by atoms with Gasteiger partial charge in [-0.15, -0.1) is 11.3 Å². The van der Waals surface area contributed by atoms with Gasteiger partial charge >= 0.3 is 6.09 Å². The van der Waals surface area contributed by atoms with E-state index < -0.39 is 6.09 Å². The Morgan fingerprint density at radius 3 is 2.50 bits per heavy atom. The SMILES string of the molecule is NC(=O)Oc1ccc(CN2CCC3(CCN(CCCc4cccs4)CC3)C2=O)cc1. The van der Waals surface area contributed by atoms with Crippen LogP contribution in [0.25, 0.3) is 0 Å². The minimum Gasteiger partial charge on any atom is -0.411 e. The molecule has 2 aliphatic rings. The number of amides is 2. The summed E-state index contributed by atoms with van der Waals surface area (Å²) in [5.41, 5.74) is 5.90. The third kappa shape index (κ3) is 4.84. The number of aryl methyl sites for hydroxylation is 1. The zero-order valence-electron chi connectivity index (χ0n) is 17.2. The molecule has 160 valence electrons. The summed E-state index contributed by atoms with van der Waals surface area (Å²) in [6.45, 7) is 4.57. The Morgan fingerprint density at radius 1 is 1.10 bits per heavy atom. The van der Waals surface area contributed by atoms with Crippen LogP contribution in [-0.2, 0) is 17.8 Å². The van der Waals surface area contributed by atoms with Crippen molar-refractivity contribution in [1.29, 1.82) is 0 Å². The van der Waals surface area contributed by atoms with Crippen molar-refractivity contribution in [2.45, 2.75) is 38.6 Å². The highest BCUT2D eigenvalue weighted by molar-refractivity contribution is 7.09. The van der Waals surface area contributed by atoms with Crippen LogP contribution in [-0.4, -0.2) is 48.0 Å². The molecule has 7 heteroatoms. The van der Waals surface area contributed by atoms with Crippen LogP contribution >= 0.6 is 11.3 Å². The van der Waals surface area contributed by atoms with E-state index >= 15 is 0 Å². The molecule has 2 fully saturated rings. The van der Waals surface area contributed by atoms with Gasteiger partial charge in [-0.1, -0.05) is 18.2 Å². The van der Waals surface area contributed by atoms with Crippen molar-refractivity contribution >= 4 is 23.3 Å². The number of nitrogens with zero attached hydrogens (tertiary/aromatic N) is 2. The first kappa shape index (κ1) is 20.9. The number of nitrogens with two attached hydrogens (primary N) is 1. The smallest absolute Gasteiger partial charge is 0.409 e. The number of benzene rings is 1. The van der Waals surface area contributed by atoms with E-state index in [9.17, 15) is 9.59 Å². The Morgan fingerprint density at radius 2 is 1.83 bits per heavy atom. The summed E-state index contributed by atoms with van der Waals surface area (Å²) in [7, 11) is 0. The Hall–Kier alpha value is -2.38. The second-order valence-corrected chi connectivity index (χ2v) is 9.38. The first-order chi connectivity index (χ1) is 14.5. The molecule has 1 spiro atoms. The zero-order valence-corrected chi connectivity index (χ0v) is 18.0. The Labute approximate surface area is 181 Å². The van der Waals surface area contributed by atoms with E-state index in [2.05, 4.69) is 22.4 Å². The number of ether oxygens (including phenoxy) is 1. The van der Waals surface area contributed by atoms with Crippen molar-refractivity contribution < 1.29 is 14.3 Å². The highest BCUT2D eigenvalue weighted by atomic mass is 32.1. The fraction of sp³-hybridized carbons (Fsp3) is 0.478. The molecule has 4 rings (SSSR count). The van der Waals surface area contributed by atoms with Crippen molar-refractivity contribution in [2.24, 2.45) is 11.1 Å². The third-order valence-corrected chi connectivity index (χ3v) is 7.34. The van der Waals surface area contributed by atoms with Crippen LogP contribution in [0.1, 0.15) is 36.1 Å². The molecule has 6 nitrogen and oxygen atoms in total. The predicted octanol–water partition coefficient (Wildman–Crippen LogP) is 3.65. The average molecular weight is 428 g/mol. The van der Waals surface area contributed by atoms with Gasteiger partial charge in [-0.2, -0.15) is 0 Å². The molecule has 2 N–H and O–H groups in total. The summed E-state index contributed by atoms with van der Waals surface area (Å²) in [5.74, 6) is 0.722. The number of thiophene rings is 1. The van der Waals surface area contributed by atoms with Gasteiger partial charge in [0.1, 0.15) is 5.75 Å². The molecule has 1 aromatic carbocycles. The van der Waals surface area contributed by atoms with E-state index in [1.807, 2.05) is 28.4 Å². The predicted molar refractivity (Wildman–Crippen MR) is 117 cm³/mol. The maximum atomic E-state index is 13.2. The molecule has 1 aromatic heterocycles. The summed E-state index contributed by atoms with van der Waals surface area (Å²) < 4.78 is 4.86. The fourth-order valence-electron chi connectivity index (χ4n) is 4.64. The highest BCUT2D eigenvalue weighted by Crippen LogP contribution is 2.42. The summed E-state index contributed by atoms with van der Waals surface area (Å²) in [4.78, 5) is 30.0. The van der Waals surface area contributed by atoms with Gasteiger partial charge in [0, 0.05) is 18.0 Å². The van der Waals surface area contributed by atoms with Gasteiger partial charge in [0.25, 0.3) is 0 Å². The number of primary amides is 1. The maximum absolute atomic E-state index is 13.2. The first-order valence-electron chi connectivity index (χ1n) is 10.6. The quantitative estimate of drug-likeness (QED) is 0.732. The van der Waals surface area contributed by atoms with Gasteiger partial charge in [0.15, 0.2) is 0 Å². The number of piperidine rings is 1. The van der Waals surface area contributed by atoms with Crippen molar-refractivity contribution in [1.82, 2.24) is 9.80 Å². The fourth-order valence-corrected chi connectivity index (χ4v) is 5.39. The molecule has 2 amide bonds. The minimum absolute atomic E-state index is 0.167. The monoisotopic (exact) mass is 427 g/mol. The summed E-state index contributed by atoms with van der Waals surface area (Å²) >= 11 is 1.83. The molecule has 2 aliphatic heterocycles. The lowest BCUT2D eigenvalue weighted by Crippen LogP contribution is -2.44. The van der Waals surface area contributed by atoms with Crippen LogP contribution in [0.2, 0.25) is 0 Å². The Kier molecular flexibility index (Phi) is 6.39. The third-order valence-electron chi connectivity index (χ3n) is 6.41.